The van der Waals surface area contributed by atoms with Gasteiger partial charge in [0, 0.05) is 0 Å². The number of aryl methyl sites for hydroxylation is 1. The number of fused-ring (bicyclic) bond motifs is 1. The molecule has 1 aliphatic heterocycles. The summed E-state index contributed by atoms with van der Waals surface area (Å²) in [6.07, 6.45) is 0.683. The molecule has 0 fully saturated rings. The number of hydrogen-bond acceptors (Lipinski definition) is 3. The van der Waals surface area contributed by atoms with Crippen LogP contribution in [0.25, 0.3) is 0 Å². The Morgan fingerprint density at radius 2 is 1.95 bits per heavy atom. The van der Waals surface area contributed by atoms with Crippen LogP contribution in [0.2, 0.25) is 0 Å². The van der Waals surface area contributed by atoms with Gasteiger partial charge < -0.3 is 9.47 Å². The summed E-state index contributed by atoms with van der Waals surface area (Å²) in [7, 11) is 0. The molecule has 1 aliphatic rings. The van der Waals surface area contributed by atoms with Crippen LogP contribution in [0.1, 0.15) is 16.7 Å². The first-order valence-electron chi connectivity index (χ1n) is 7.16. The van der Waals surface area contributed by atoms with E-state index in [1.165, 1.54) is 0 Å². The van der Waals surface area contributed by atoms with E-state index in [1.54, 1.807) is 0 Å². The SMILES string of the molecule is Cc1ccccc1COC(=O)C1COc2ccccc2C1. The lowest BCUT2D eigenvalue weighted by Crippen LogP contribution is -2.29. The topological polar surface area (TPSA) is 35.5 Å². The largest absolute Gasteiger partial charge is 0.492 e. The predicted molar refractivity (Wildman–Crippen MR) is 80.1 cm³/mol. The molecule has 0 saturated heterocycles. The Bertz CT molecular complexity index is 648. The molecular formula is C18H18O3. The molecule has 0 bridgehead atoms. The maximum absolute atomic E-state index is 12.2. The van der Waals surface area contributed by atoms with E-state index in [0.29, 0.717) is 19.6 Å². The van der Waals surface area contributed by atoms with E-state index < -0.39 is 0 Å². The molecule has 3 nitrogen and oxygen atoms in total. The molecule has 3 rings (SSSR count). The summed E-state index contributed by atoms with van der Waals surface area (Å²) in [4.78, 5) is 12.2. The van der Waals surface area contributed by atoms with Gasteiger partial charge in [-0.3, -0.25) is 4.79 Å². The van der Waals surface area contributed by atoms with E-state index in [-0.39, 0.29) is 11.9 Å². The Labute approximate surface area is 124 Å². The van der Waals surface area contributed by atoms with E-state index in [0.717, 1.165) is 22.4 Å². The van der Waals surface area contributed by atoms with Gasteiger partial charge in [-0.05, 0) is 36.1 Å². The van der Waals surface area contributed by atoms with Crippen molar-refractivity contribution in [2.45, 2.75) is 20.0 Å². The van der Waals surface area contributed by atoms with Crippen molar-refractivity contribution in [3.8, 4) is 5.75 Å². The molecule has 108 valence electrons. The molecule has 0 N–H and O–H groups in total. The third-order valence-electron chi connectivity index (χ3n) is 3.84. The van der Waals surface area contributed by atoms with Crippen LogP contribution in [-0.2, 0) is 22.6 Å². The fourth-order valence-electron chi connectivity index (χ4n) is 2.52. The number of rotatable bonds is 3. The lowest BCUT2D eigenvalue weighted by Gasteiger charge is -2.24. The molecule has 2 aromatic rings. The molecule has 1 unspecified atom stereocenters. The summed E-state index contributed by atoms with van der Waals surface area (Å²) in [6, 6.07) is 15.8. The Morgan fingerprint density at radius 3 is 2.81 bits per heavy atom. The summed E-state index contributed by atoms with van der Waals surface area (Å²) in [5.41, 5.74) is 3.25. The minimum atomic E-state index is -0.219. The van der Waals surface area contributed by atoms with Crippen LogP contribution in [0.5, 0.6) is 5.75 Å². The normalized spacial score (nSPS) is 16.7. The molecule has 0 spiro atoms. The molecule has 0 aromatic heterocycles. The minimum Gasteiger partial charge on any atom is -0.492 e. The van der Waals surface area contributed by atoms with Crippen molar-refractivity contribution in [2.24, 2.45) is 5.92 Å². The fourth-order valence-corrected chi connectivity index (χ4v) is 2.52. The number of para-hydroxylation sites is 1. The van der Waals surface area contributed by atoms with E-state index >= 15 is 0 Å². The van der Waals surface area contributed by atoms with Crippen LogP contribution < -0.4 is 4.74 Å². The van der Waals surface area contributed by atoms with Crippen molar-refractivity contribution in [2.75, 3.05) is 6.61 Å². The maximum atomic E-state index is 12.2. The average molecular weight is 282 g/mol. The highest BCUT2D eigenvalue weighted by atomic mass is 16.5. The molecular weight excluding hydrogens is 264 g/mol. The Kier molecular flexibility index (Phi) is 3.91. The zero-order valence-corrected chi connectivity index (χ0v) is 12.0. The van der Waals surface area contributed by atoms with E-state index in [1.807, 2.05) is 55.5 Å². The number of carbonyl (C=O) groups is 1. The molecule has 2 aromatic carbocycles. The summed E-state index contributed by atoms with van der Waals surface area (Å²) in [5, 5.41) is 0. The first-order valence-corrected chi connectivity index (χ1v) is 7.16. The highest BCUT2D eigenvalue weighted by molar-refractivity contribution is 5.73. The zero-order chi connectivity index (χ0) is 14.7. The molecule has 21 heavy (non-hydrogen) atoms. The van der Waals surface area contributed by atoms with Gasteiger partial charge in [-0.1, -0.05) is 42.5 Å². The quantitative estimate of drug-likeness (QED) is 0.810. The summed E-state index contributed by atoms with van der Waals surface area (Å²) in [6.45, 7) is 2.73. The lowest BCUT2D eigenvalue weighted by molar-refractivity contribution is -0.151. The van der Waals surface area contributed by atoms with Gasteiger partial charge in [0.25, 0.3) is 0 Å². The fraction of sp³-hybridized carbons (Fsp3) is 0.278. The number of ether oxygens (including phenoxy) is 2. The smallest absolute Gasteiger partial charge is 0.313 e. The van der Waals surface area contributed by atoms with Crippen molar-refractivity contribution >= 4 is 5.97 Å². The minimum absolute atomic E-state index is 0.187. The van der Waals surface area contributed by atoms with Gasteiger partial charge in [-0.2, -0.15) is 0 Å². The van der Waals surface area contributed by atoms with E-state index in [4.69, 9.17) is 9.47 Å². The Balaban J connectivity index is 1.61. The van der Waals surface area contributed by atoms with Gasteiger partial charge in [-0.15, -0.1) is 0 Å². The summed E-state index contributed by atoms with van der Waals surface area (Å²) < 4.78 is 11.1. The highest BCUT2D eigenvalue weighted by Gasteiger charge is 2.27. The van der Waals surface area contributed by atoms with Crippen LogP contribution in [0.15, 0.2) is 48.5 Å². The lowest BCUT2D eigenvalue weighted by atomic mass is 9.97. The number of benzene rings is 2. The van der Waals surface area contributed by atoms with E-state index in [9.17, 15) is 4.79 Å². The molecule has 3 heteroatoms. The van der Waals surface area contributed by atoms with Crippen molar-refractivity contribution in [1.29, 1.82) is 0 Å². The van der Waals surface area contributed by atoms with Crippen LogP contribution in [-0.4, -0.2) is 12.6 Å². The third kappa shape index (κ3) is 3.07. The van der Waals surface area contributed by atoms with Crippen LogP contribution in [0, 0.1) is 12.8 Å². The maximum Gasteiger partial charge on any atom is 0.313 e. The summed E-state index contributed by atoms with van der Waals surface area (Å²) >= 11 is 0. The first-order chi connectivity index (χ1) is 10.2. The second kappa shape index (κ2) is 6.00. The summed E-state index contributed by atoms with van der Waals surface area (Å²) in [5.74, 6) is 0.470. The second-order valence-electron chi connectivity index (χ2n) is 5.35. The van der Waals surface area contributed by atoms with Crippen molar-refractivity contribution < 1.29 is 14.3 Å². The predicted octanol–water partition coefficient (Wildman–Crippen LogP) is 3.29. The molecule has 0 saturated carbocycles. The van der Waals surface area contributed by atoms with Gasteiger partial charge in [-0.25, -0.2) is 0 Å². The van der Waals surface area contributed by atoms with Gasteiger partial charge >= 0.3 is 5.97 Å². The van der Waals surface area contributed by atoms with Crippen LogP contribution >= 0.6 is 0 Å². The van der Waals surface area contributed by atoms with Crippen molar-refractivity contribution in [3.63, 3.8) is 0 Å². The van der Waals surface area contributed by atoms with Crippen LogP contribution in [0.4, 0.5) is 0 Å². The van der Waals surface area contributed by atoms with Gasteiger partial charge in [0.15, 0.2) is 0 Å². The Morgan fingerprint density at radius 1 is 1.19 bits per heavy atom. The first kappa shape index (κ1) is 13.7. The van der Waals surface area contributed by atoms with Gasteiger partial charge in [0.05, 0.1) is 5.92 Å². The molecule has 1 heterocycles. The van der Waals surface area contributed by atoms with Gasteiger partial charge in [0.1, 0.15) is 19.0 Å². The molecule has 0 aliphatic carbocycles. The van der Waals surface area contributed by atoms with Crippen molar-refractivity contribution in [3.05, 3.63) is 65.2 Å². The monoisotopic (exact) mass is 282 g/mol. The third-order valence-corrected chi connectivity index (χ3v) is 3.84. The zero-order valence-electron chi connectivity index (χ0n) is 12.0. The van der Waals surface area contributed by atoms with E-state index in [2.05, 4.69) is 0 Å². The van der Waals surface area contributed by atoms with Gasteiger partial charge in [0.2, 0.25) is 0 Å². The highest BCUT2D eigenvalue weighted by Crippen LogP contribution is 2.27. The molecule has 0 amide bonds. The van der Waals surface area contributed by atoms with Crippen LogP contribution in [0.3, 0.4) is 0 Å². The average Bonchev–Trinajstić information content (AvgIpc) is 2.53. The number of hydrogen-bond donors (Lipinski definition) is 0. The van der Waals surface area contributed by atoms with Crippen molar-refractivity contribution in [1.82, 2.24) is 0 Å². The standard InChI is InChI=1S/C18H18O3/c1-13-6-2-3-8-15(13)11-21-18(19)16-10-14-7-4-5-9-17(14)20-12-16/h2-9,16H,10-12H2,1H3. The molecule has 1 atom stereocenters. The number of carbonyl (C=O) groups excluding carboxylic acids is 1. The molecule has 0 radical (unpaired) electrons. The number of esters is 1. The Hall–Kier alpha value is -2.29. The second-order valence-corrected chi connectivity index (χ2v) is 5.35.